The van der Waals surface area contributed by atoms with Gasteiger partial charge in [0.1, 0.15) is 35.8 Å². The van der Waals surface area contributed by atoms with Gasteiger partial charge in [-0.3, -0.25) is 4.79 Å². The van der Waals surface area contributed by atoms with Crippen LogP contribution in [0.1, 0.15) is 61.0 Å². The van der Waals surface area contributed by atoms with Crippen molar-refractivity contribution in [2.75, 3.05) is 13.2 Å². The van der Waals surface area contributed by atoms with Crippen LogP contribution < -0.4 is 14.2 Å². The Morgan fingerprint density at radius 1 is 1.07 bits per heavy atom. The minimum atomic E-state index is -4.79. The molecule has 1 aliphatic carbocycles. The summed E-state index contributed by atoms with van der Waals surface area (Å²) >= 11 is 0. The summed E-state index contributed by atoms with van der Waals surface area (Å²) in [6, 6.07) is 11.5. The molecule has 2 aliphatic rings. The molecule has 212 valence electrons. The van der Waals surface area contributed by atoms with Crippen LogP contribution in [0.15, 0.2) is 48.5 Å². The summed E-state index contributed by atoms with van der Waals surface area (Å²) in [5.41, 5.74) is -0.935. The Morgan fingerprint density at radius 3 is 2.42 bits per heavy atom. The number of alkyl halides is 3. The predicted octanol–water partition coefficient (Wildman–Crippen LogP) is 6.68. The molecule has 0 radical (unpaired) electrons. The molecule has 3 aromatic rings. The van der Waals surface area contributed by atoms with E-state index in [0.717, 1.165) is 5.56 Å². The van der Waals surface area contributed by atoms with Crippen LogP contribution in [0, 0.1) is 5.82 Å². The SMILES string of the molecule is CC(C)(O)COc1ccc(-c2c(C(F)(F)F)cc(F)c3c2CCC3Oc2ccc3c(c2)OC[C@H]3CC(=O)O)cc1. The van der Waals surface area contributed by atoms with Crippen molar-refractivity contribution in [1.29, 1.82) is 0 Å². The zero-order valence-corrected chi connectivity index (χ0v) is 21.8. The maximum absolute atomic E-state index is 15.3. The van der Waals surface area contributed by atoms with Gasteiger partial charge in [-0.1, -0.05) is 18.2 Å². The molecule has 0 aromatic heterocycles. The lowest BCUT2D eigenvalue weighted by Crippen LogP contribution is -2.27. The molecule has 0 bridgehead atoms. The molecule has 2 N–H and O–H groups in total. The van der Waals surface area contributed by atoms with Gasteiger partial charge in [0.15, 0.2) is 0 Å². The molecule has 1 heterocycles. The molecule has 6 nitrogen and oxygen atoms in total. The number of aliphatic carboxylic acids is 1. The summed E-state index contributed by atoms with van der Waals surface area (Å²) in [4.78, 5) is 11.1. The van der Waals surface area contributed by atoms with E-state index in [9.17, 15) is 23.1 Å². The third-order valence-electron chi connectivity index (χ3n) is 7.01. The minimum absolute atomic E-state index is 0.000931. The first kappa shape index (κ1) is 27.8. The Bertz CT molecular complexity index is 1430. The lowest BCUT2D eigenvalue weighted by molar-refractivity contribution is -0.138. The zero-order chi connectivity index (χ0) is 28.8. The fraction of sp³-hybridized carbons (Fsp3) is 0.367. The number of halogens is 4. The van der Waals surface area contributed by atoms with Gasteiger partial charge in [0.25, 0.3) is 0 Å². The van der Waals surface area contributed by atoms with Gasteiger partial charge < -0.3 is 24.4 Å². The lowest BCUT2D eigenvalue weighted by Gasteiger charge is -2.21. The molecular weight excluding hydrogens is 532 g/mol. The van der Waals surface area contributed by atoms with E-state index in [1.165, 1.54) is 24.3 Å². The van der Waals surface area contributed by atoms with Crippen LogP contribution in [0.5, 0.6) is 17.2 Å². The predicted molar refractivity (Wildman–Crippen MR) is 137 cm³/mol. The van der Waals surface area contributed by atoms with E-state index in [2.05, 4.69) is 0 Å². The summed E-state index contributed by atoms with van der Waals surface area (Å²) in [6.45, 7) is 3.36. The smallest absolute Gasteiger partial charge is 0.417 e. The van der Waals surface area contributed by atoms with Gasteiger partial charge >= 0.3 is 12.1 Å². The highest BCUT2D eigenvalue weighted by atomic mass is 19.4. The van der Waals surface area contributed by atoms with Crippen molar-refractivity contribution >= 4 is 5.97 Å². The Morgan fingerprint density at radius 2 is 1.77 bits per heavy atom. The highest BCUT2D eigenvalue weighted by Crippen LogP contribution is 2.48. The lowest BCUT2D eigenvalue weighted by atomic mass is 9.91. The molecule has 0 amide bonds. The maximum atomic E-state index is 15.3. The molecule has 40 heavy (non-hydrogen) atoms. The molecule has 10 heteroatoms. The van der Waals surface area contributed by atoms with E-state index in [0.29, 0.717) is 23.3 Å². The number of carboxylic acid groups (broad SMARTS) is 1. The van der Waals surface area contributed by atoms with E-state index in [-0.39, 0.29) is 60.6 Å². The van der Waals surface area contributed by atoms with Gasteiger partial charge in [0, 0.05) is 23.1 Å². The largest absolute Gasteiger partial charge is 0.492 e. The monoisotopic (exact) mass is 560 g/mol. The Kier molecular flexibility index (Phi) is 7.16. The van der Waals surface area contributed by atoms with Gasteiger partial charge in [-0.05, 0) is 67.6 Å². The van der Waals surface area contributed by atoms with Gasteiger partial charge in [0.05, 0.1) is 24.2 Å². The summed E-state index contributed by atoms with van der Waals surface area (Å²) in [5.74, 6) is -1.02. The fourth-order valence-electron chi connectivity index (χ4n) is 5.27. The van der Waals surface area contributed by atoms with Crippen molar-refractivity contribution in [2.45, 2.75) is 56.9 Å². The number of carbonyl (C=O) groups is 1. The van der Waals surface area contributed by atoms with Crippen LogP contribution in [0.25, 0.3) is 11.1 Å². The zero-order valence-electron chi connectivity index (χ0n) is 21.8. The summed E-state index contributed by atoms with van der Waals surface area (Å²) in [7, 11) is 0. The van der Waals surface area contributed by atoms with Crippen molar-refractivity contribution in [3.05, 3.63) is 76.6 Å². The Balaban J connectivity index is 1.46. The number of rotatable bonds is 8. The van der Waals surface area contributed by atoms with E-state index in [1.54, 1.807) is 32.0 Å². The number of benzene rings is 3. The maximum Gasteiger partial charge on any atom is 0.417 e. The third kappa shape index (κ3) is 5.72. The number of ether oxygens (including phenoxy) is 3. The molecule has 0 saturated carbocycles. The second-order valence-electron chi connectivity index (χ2n) is 10.7. The number of fused-ring (bicyclic) bond motifs is 2. The molecule has 0 spiro atoms. The van der Waals surface area contributed by atoms with Crippen LogP contribution in [0.2, 0.25) is 0 Å². The topological polar surface area (TPSA) is 85.2 Å². The van der Waals surface area contributed by atoms with Gasteiger partial charge in [-0.25, -0.2) is 4.39 Å². The van der Waals surface area contributed by atoms with Crippen LogP contribution in [0.3, 0.4) is 0 Å². The van der Waals surface area contributed by atoms with Gasteiger partial charge in [-0.15, -0.1) is 0 Å². The number of hydrogen-bond acceptors (Lipinski definition) is 5. The first-order valence-electron chi connectivity index (χ1n) is 12.8. The first-order valence-corrected chi connectivity index (χ1v) is 12.8. The average molecular weight is 561 g/mol. The van der Waals surface area contributed by atoms with Crippen molar-refractivity contribution in [2.24, 2.45) is 0 Å². The molecule has 1 aliphatic heterocycles. The van der Waals surface area contributed by atoms with Crippen molar-refractivity contribution in [1.82, 2.24) is 0 Å². The van der Waals surface area contributed by atoms with E-state index >= 15 is 4.39 Å². The highest BCUT2D eigenvalue weighted by Gasteiger charge is 2.40. The minimum Gasteiger partial charge on any atom is -0.492 e. The number of carboxylic acids is 1. The average Bonchev–Trinajstić information content (AvgIpc) is 3.46. The molecule has 3 aromatic carbocycles. The Labute approximate surface area is 228 Å². The number of aliphatic hydroxyl groups is 1. The Hall–Kier alpha value is -3.79. The van der Waals surface area contributed by atoms with Crippen molar-refractivity contribution in [3.63, 3.8) is 0 Å². The molecule has 0 fully saturated rings. The molecule has 2 atom stereocenters. The van der Waals surface area contributed by atoms with Crippen molar-refractivity contribution in [3.8, 4) is 28.4 Å². The van der Waals surface area contributed by atoms with Gasteiger partial charge in [0.2, 0.25) is 0 Å². The van der Waals surface area contributed by atoms with Gasteiger partial charge in [-0.2, -0.15) is 13.2 Å². The molecule has 5 rings (SSSR count). The van der Waals surface area contributed by atoms with Crippen LogP contribution >= 0.6 is 0 Å². The standard InChI is InChI=1S/C30H28F4O6/c1-29(2,37)15-39-18-5-3-16(4-6-18)27-21-9-10-24(28(21)23(31)13-22(27)30(32,33)34)40-19-7-8-20-17(11-26(35)36)14-38-25(20)12-19/h3-8,12-13,17,24,37H,9-11,14-15H2,1-2H3,(H,35,36)/t17-,24?/m1/s1. The van der Waals surface area contributed by atoms with Crippen LogP contribution in [-0.2, 0) is 17.4 Å². The second-order valence-corrected chi connectivity index (χ2v) is 10.7. The number of hydrogen-bond donors (Lipinski definition) is 2. The van der Waals surface area contributed by atoms with E-state index in [1.807, 2.05) is 0 Å². The summed E-state index contributed by atoms with van der Waals surface area (Å²) in [5, 5.41) is 19.0. The normalized spacial score (nSPS) is 18.2. The summed E-state index contributed by atoms with van der Waals surface area (Å²) < 4.78 is 74.8. The molecule has 0 saturated heterocycles. The highest BCUT2D eigenvalue weighted by molar-refractivity contribution is 5.75. The first-order chi connectivity index (χ1) is 18.8. The van der Waals surface area contributed by atoms with Crippen molar-refractivity contribution < 1.29 is 46.8 Å². The molecule has 1 unspecified atom stereocenters. The quantitative estimate of drug-likeness (QED) is 0.299. The third-order valence-corrected chi connectivity index (χ3v) is 7.01. The van der Waals surface area contributed by atoms with Crippen LogP contribution in [-0.4, -0.2) is 35.0 Å². The van der Waals surface area contributed by atoms with E-state index in [4.69, 9.17) is 19.3 Å². The summed E-state index contributed by atoms with van der Waals surface area (Å²) in [6.07, 6.45) is -5.24. The fourth-order valence-corrected chi connectivity index (χ4v) is 5.27. The second kappa shape index (κ2) is 10.3. The van der Waals surface area contributed by atoms with Crippen LogP contribution in [0.4, 0.5) is 17.6 Å². The van der Waals surface area contributed by atoms with E-state index < -0.39 is 35.2 Å². The molecular formula is C30H28F4O6.